The van der Waals surface area contributed by atoms with E-state index in [0.29, 0.717) is 18.3 Å². The van der Waals surface area contributed by atoms with Gasteiger partial charge in [0, 0.05) is 17.3 Å². The number of ether oxygens (including phenoxy) is 1. The maximum absolute atomic E-state index is 5.38. The number of nitrogens with zero attached hydrogens (tertiary/aromatic N) is 2. The maximum atomic E-state index is 5.38. The molecule has 4 rings (SSSR count). The van der Waals surface area contributed by atoms with Gasteiger partial charge in [0.2, 0.25) is 5.95 Å². The van der Waals surface area contributed by atoms with E-state index < -0.39 is 0 Å². The number of nitrogens with one attached hydrogen (secondary N) is 2. The van der Waals surface area contributed by atoms with Crippen molar-refractivity contribution < 1.29 is 9.15 Å². The number of rotatable bonds is 7. The Morgan fingerprint density at radius 2 is 1.75 bits per heavy atom. The lowest BCUT2D eigenvalue weighted by Crippen LogP contribution is -2.05. The predicted octanol–water partition coefficient (Wildman–Crippen LogP) is 5.10. The summed E-state index contributed by atoms with van der Waals surface area (Å²) in [5.41, 5.74) is 2.72. The smallest absolute Gasteiger partial charge is 0.229 e. The molecule has 0 fully saturated rings. The second kappa shape index (κ2) is 8.26. The van der Waals surface area contributed by atoms with Crippen LogP contribution >= 0.6 is 0 Å². The van der Waals surface area contributed by atoms with Gasteiger partial charge in [-0.15, -0.1) is 0 Å². The minimum atomic E-state index is 0.508. The van der Waals surface area contributed by atoms with E-state index in [4.69, 9.17) is 9.15 Å². The van der Waals surface area contributed by atoms with Crippen LogP contribution in [0.25, 0.3) is 11.3 Å². The molecular formula is C22H20N4O2. The first kappa shape index (κ1) is 17.6. The van der Waals surface area contributed by atoms with Crippen LogP contribution in [0.15, 0.2) is 83.5 Å². The Balaban J connectivity index is 1.62. The van der Waals surface area contributed by atoms with E-state index in [-0.39, 0.29) is 0 Å². The quantitative estimate of drug-likeness (QED) is 0.470. The molecule has 0 unspecified atom stereocenters. The molecule has 0 radical (unpaired) electrons. The summed E-state index contributed by atoms with van der Waals surface area (Å²) < 4.78 is 10.6. The molecular weight excluding hydrogens is 352 g/mol. The highest BCUT2D eigenvalue weighted by atomic mass is 16.5. The second-order valence-electron chi connectivity index (χ2n) is 6.11. The van der Waals surface area contributed by atoms with Crippen molar-refractivity contribution in [2.24, 2.45) is 0 Å². The summed E-state index contributed by atoms with van der Waals surface area (Å²) >= 11 is 0. The van der Waals surface area contributed by atoms with Gasteiger partial charge in [-0.1, -0.05) is 30.3 Å². The van der Waals surface area contributed by atoms with Crippen LogP contribution in [0.5, 0.6) is 5.75 Å². The lowest BCUT2D eigenvalue weighted by atomic mass is 10.1. The van der Waals surface area contributed by atoms with Crippen LogP contribution in [0, 0.1) is 0 Å². The number of benzene rings is 2. The van der Waals surface area contributed by atoms with Crippen LogP contribution in [-0.4, -0.2) is 17.1 Å². The first-order chi connectivity index (χ1) is 13.8. The van der Waals surface area contributed by atoms with Crippen molar-refractivity contribution in [1.82, 2.24) is 9.97 Å². The molecule has 0 saturated carbocycles. The van der Waals surface area contributed by atoms with Crippen LogP contribution in [-0.2, 0) is 6.54 Å². The van der Waals surface area contributed by atoms with Crippen LogP contribution in [0.2, 0.25) is 0 Å². The maximum Gasteiger partial charge on any atom is 0.229 e. The number of furan rings is 1. The van der Waals surface area contributed by atoms with Gasteiger partial charge in [0.1, 0.15) is 17.3 Å². The van der Waals surface area contributed by atoms with Gasteiger partial charge in [-0.25, -0.2) is 4.98 Å². The Labute approximate surface area is 163 Å². The molecule has 0 aliphatic heterocycles. The van der Waals surface area contributed by atoms with E-state index in [1.54, 1.807) is 13.4 Å². The molecule has 6 nitrogen and oxygen atoms in total. The third-order valence-electron chi connectivity index (χ3n) is 4.17. The lowest BCUT2D eigenvalue weighted by molar-refractivity contribution is 0.415. The molecule has 4 aromatic rings. The monoisotopic (exact) mass is 372 g/mol. The number of hydrogen-bond acceptors (Lipinski definition) is 6. The molecule has 0 amide bonds. The third-order valence-corrected chi connectivity index (χ3v) is 4.17. The van der Waals surface area contributed by atoms with Crippen molar-refractivity contribution in [3.63, 3.8) is 0 Å². The van der Waals surface area contributed by atoms with Gasteiger partial charge < -0.3 is 19.8 Å². The van der Waals surface area contributed by atoms with Gasteiger partial charge in [0.05, 0.1) is 25.6 Å². The average Bonchev–Trinajstić information content (AvgIpc) is 3.27. The summed E-state index contributed by atoms with van der Waals surface area (Å²) in [5, 5.41) is 6.55. The average molecular weight is 372 g/mol. The van der Waals surface area contributed by atoms with Gasteiger partial charge in [-0.3, -0.25) is 0 Å². The summed E-state index contributed by atoms with van der Waals surface area (Å²) in [6.45, 7) is 0.542. The summed E-state index contributed by atoms with van der Waals surface area (Å²) in [5.74, 6) is 2.85. The fraction of sp³-hybridized carbons (Fsp3) is 0.0909. The molecule has 0 aliphatic carbocycles. The molecule has 0 aliphatic rings. The Morgan fingerprint density at radius 1 is 0.929 bits per heavy atom. The molecule has 2 aromatic carbocycles. The van der Waals surface area contributed by atoms with E-state index in [0.717, 1.165) is 28.5 Å². The first-order valence-electron chi connectivity index (χ1n) is 8.92. The van der Waals surface area contributed by atoms with E-state index in [1.807, 2.05) is 72.8 Å². The normalized spacial score (nSPS) is 10.5. The van der Waals surface area contributed by atoms with Gasteiger partial charge in [0.15, 0.2) is 0 Å². The predicted molar refractivity (Wildman–Crippen MR) is 110 cm³/mol. The van der Waals surface area contributed by atoms with Gasteiger partial charge in [-0.05, 0) is 36.4 Å². The third kappa shape index (κ3) is 4.29. The molecule has 0 spiro atoms. The standard InChI is InChI=1S/C22H20N4O2/c1-27-18-11-9-17(10-12-18)24-22-25-20(16-6-3-2-4-7-16)14-21(26-22)23-15-19-8-5-13-28-19/h2-14H,15H2,1H3,(H2,23,24,25,26). The number of methoxy groups -OCH3 is 1. The highest BCUT2D eigenvalue weighted by Gasteiger charge is 2.08. The van der Waals surface area contributed by atoms with Crippen LogP contribution in [0.4, 0.5) is 17.5 Å². The zero-order chi connectivity index (χ0) is 19.2. The van der Waals surface area contributed by atoms with Crippen molar-refractivity contribution in [2.45, 2.75) is 6.54 Å². The van der Waals surface area contributed by atoms with Gasteiger partial charge in [-0.2, -0.15) is 4.98 Å². The highest BCUT2D eigenvalue weighted by Crippen LogP contribution is 2.24. The van der Waals surface area contributed by atoms with Crippen LogP contribution in [0.3, 0.4) is 0 Å². The minimum absolute atomic E-state index is 0.508. The fourth-order valence-electron chi connectivity index (χ4n) is 2.74. The van der Waals surface area contributed by atoms with E-state index in [1.165, 1.54) is 0 Å². The summed E-state index contributed by atoms with van der Waals surface area (Å²) in [4.78, 5) is 9.26. The summed E-state index contributed by atoms with van der Waals surface area (Å²) in [7, 11) is 1.64. The first-order valence-corrected chi connectivity index (χ1v) is 8.92. The molecule has 2 aromatic heterocycles. The van der Waals surface area contributed by atoms with Crippen molar-refractivity contribution >= 4 is 17.5 Å². The van der Waals surface area contributed by atoms with E-state index >= 15 is 0 Å². The second-order valence-corrected chi connectivity index (χ2v) is 6.11. The molecule has 0 bridgehead atoms. The van der Waals surface area contributed by atoms with Crippen molar-refractivity contribution in [2.75, 3.05) is 17.7 Å². The largest absolute Gasteiger partial charge is 0.497 e. The fourth-order valence-corrected chi connectivity index (χ4v) is 2.74. The van der Waals surface area contributed by atoms with Crippen LogP contribution < -0.4 is 15.4 Å². The SMILES string of the molecule is COc1ccc(Nc2nc(NCc3ccco3)cc(-c3ccccc3)n2)cc1. The number of hydrogen-bond donors (Lipinski definition) is 2. The van der Waals surface area contributed by atoms with Crippen LogP contribution in [0.1, 0.15) is 5.76 Å². The summed E-state index contributed by atoms with van der Waals surface area (Å²) in [6, 6.07) is 23.3. The van der Waals surface area contributed by atoms with Crippen molar-refractivity contribution in [3.05, 3.63) is 84.8 Å². The Hall–Kier alpha value is -3.80. The zero-order valence-corrected chi connectivity index (χ0v) is 15.4. The minimum Gasteiger partial charge on any atom is -0.497 e. The Kier molecular flexibility index (Phi) is 5.20. The zero-order valence-electron chi connectivity index (χ0n) is 15.4. The van der Waals surface area contributed by atoms with Crippen molar-refractivity contribution in [3.8, 4) is 17.0 Å². The number of anilines is 3. The summed E-state index contributed by atoms with van der Waals surface area (Å²) in [6.07, 6.45) is 1.66. The Bertz CT molecular complexity index is 1020. The van der Waals surface area contributed by atoms with Gasteiger partial charge in [0.25, 0.3) is 0 Å². The molecule has 0 atom stereocenters. The molecule has 6 heteroatoms. The molecule has 0 saturated heterocycles. The topological polar surface area (TPSA) is 72.2 Å². The molecule has 140 valence electrons. The van der Waals surface area contributed by atoms with E-state index in [9.17, 15) is 0 Å². The number of aromatic nitrogens is 2. The molecule has 2 N–H and O–H groups in total. The highest BCUT2D eigenvalue weighted by molar-refractivity contribution is 5.66. The Morgan fingerprint density at radius 3 is 2.46 bits per heavy atom. The lowest BCUT2D eigenvalue weighted by Gasteiger charge is -2.11. The van der Waals surface area contributed by atoms with E-state index in [2.05, 4.69) is 20.6 Å². The molecule has 2 heterocycles. The van der Waals surface area contributed by atoms with Crippen molar-refractivity contribution in [1.29, 1.82) is 0 Å². The molecule has 28 heavy (non-hydrogen) atoms. The van der Waals surface area contributed by atoms with Gasteiger partial charge >= 0.3 is 0 Å².